The first kappa shape index (κ1) is 13.8. The highest BCUT2D eigenvalue weighted by Gasteiger charge is 2.10. The Kier molecular flexibility index (Phi) is 5.15. The van der Waals surface area contributed by atoms with E-state index in [0.717, 1.165) is 19.6 Å². The van der Waals surface area contributed by atoms with Crippen LogP contribution in [0, 0.1) is 0 Å². The van der Waals surface area contributed by atoms with Gasteiger partial charge in [-0.25, -0.2) is 0 Å². The lowest BCUT2D eigenvalue weighted by molar-refractivity contribution is 0.0947. The fourth-order valence-corrected chi connectivity index (χ4v) is 2.34. The molecule has 5 nitrogen and oxygen atoms in total. The molecule has 1 aromatic rings. The van der Waals surface area contributed by atoms with Gasteiger partial charge in [-0.15, -0.1) is 0 Å². The summed E-state index contributed by atoms with van der Waals surface area (Å²) in [6, 6.07) is 1.42. The quantitative estimate of drug-likeness (QED) is 0.861. The van der Waals surface area contributed by atoms with Crippen molar-refractivity contribution in [2.45, 2.75) is 25.7 Å². The van der Waals surface area contributed by atoms with Gasteiger partial charge >= 0.3 is 0 Å². The lowest BCUT2D eigenvalue weighted by atomic mass is 10.2. The van der Waals surface area contributed by atoms with Crippen molar-refractivity contribution < 1.29 is 9.90 Å². The summed E-state index contributed by atoms with van der Waals surface area (Å²) < 4.78 is 0. The number of hydrogen-bond donors (Lipinski definition) is 2. The van der Waals surface area contributed by atoms with Crippen LogP contribution in [0.2, 0.25) is 0 Å². The summed E-state index contributed by atoms with van der Waals surface area (Å²) in [5.74, 6) is -0.168. The third kappa shape index (κ3) is 4.52. The van der Waals surface area contributed by atoms with Crippen LogP contribution in [-0.2, 0) is 0 Å². The molecule has 0 radical (unpaired) electrons. The number of pyridine rings is 1. The minimum absolute atomic E-state index is 0.0140. The summed E-state index contributed by atoms with van der Waals surface area (Å²) in [5.41, 5.74) is 0.399. The molecule has 0 aliphatic carbocycles. The van der Waals surface area contributed by atoms with E-state index < -0.39 is 0 Å². The lowest BCUT2D eigenvalue weighted by Gasteiger charge is -2.19. The van der Waals surface area contributed by atoms with Crippen molar-refractivity contribution in [3.05, 3.63) is 24.0 Å². The third-order valence-electron chi connectivity index (χ3n) is 3.40. The molecule has 5 heteroatoms. The van der Waals surface area contributed by atoms with Crippen LogP contribution in [0.25, 0.3) is 0 Å². The monoisotopic (exact) mass is 263 g/mol. The van der Waals surface area contributed by atoms with Crippen LogP contribution < -0.4 is 5.32 Å². The van der Waals surface area contributed by atoms with Gasteiger partial charge in [-0.3, -0.25) is 9.78 Å². The van der Waals surface area contributed by atoms with E-state index in [0.29, 0.717) is 12.1 Å². The Morgan fingerprint density at radius 3 is 2.68 bits per heavy atom. The van der Waals surface area contributed by atoms with Gasteiger partial charge in [0.2, 0.25) is 0 Å². The number of rotatable bonds is 4. The minimum Gasteiger partial charge on any atom is -0.506 e. The summed E-state index contributed by atoms with van der Waals surface area (Å²) in [5, 5.41) is 12.1. The van der Waals surface area contributed by atoms with Crippen molar-refractivity contribution >= 4 is 5.91 Å². The maximum Gasteiger partial charge on any atom is 0.253 e. The Balaban J connectivity index is 1.74. The maximum absolute atomic E-state index is 11.8. The Morgan fingerprint density at radius 2 is 2.00 bits per heavy atom. The molecule has 0 saturated carbocycles. The van der Waals surface area contributed by atoms with Gasteiger partial charge in [0.05, 0.1) is 11.8 Å². The fourth-order valence-electron chi connectivity index (χ4n) is 2.34. The van der Waals surface area contributed by atoms with E-state index in [1.54, 1.807) is 0 Å². The molecule has 1 aliphatic rings. The van der Waals surface area contributed by atoms with Crippen LogP contribution in [0.1, 0.15) is 36.0 Å². The molecule has 0 unspecified atom stereocenters. The van der Waals surface area contributed by atoms with Crippen molar-refractivity contribution in [3.8, 4) is 5.75 Å². The van der Waals surface area contributed by atoms with E-state index in [9.17, 15) is 9.90 Å². The van der Waals surface area contributed by atoms with Crippen LogP contribution >= 0.6 is 0 Å². The zero-order valence-electron chi connectivity index (χ0n) is 11.1. The van der Waals surface area contributed by atoms with Crippen LogP contribution in [0.15, 0.2) is 18.5 Å². The van der Waals surface area contributed by atoms with Crippen LogP contribution in [-0.4, -0.2) is 47.1 Å². The van der Waals surface area contributed by atoms with Crippen molar-refractivity contribution in [3.63, 3.8) is 0 Å². The Bertz CT molecular complexity index is 415. The van der Waals surface area contributed by atoms with Gasteiger partial charge in [-0.1, -0.05) is 12.8 Å². The van der Waals surface area contributed by atoms with Gasteiger partial charge in [0, 0.05) is 19.3 Å². The molecule has 2 heterocycles. The Hall–Kier alpha value is -1.62. The van der Waals surface area contributed by atoms with Crippen molar-refractivity contribution in [2.75, 3.05) is 26.2 Å². The first-order valence-electron chi connectivity index (χ1n) is 6.90. The van der Waals surface area contributed by atoms with Gasteiger partial charge in [0.25, 0.3) is 5.91 Å². The Labute approximate surface area is 113 Å². The highest BCUT2D eigenvalue weighted by atomic mass is 16.3. The van der Waals surface area contributed by atoms with E-state index >= 15 is 0 Å². The first-order valence-corrected chi connectivity index (χ1v) is 6.90. The molecular formula is C14H21N3O2. The average Bonchev–Trinajstić information content (AvgIpc) is 2.67. The molecule has 0 bridgehead atoms. The van der Waals surface area contributed by atoms with Crippen molar-refractivity contribution in [2.24, 2.45) is 0 Å². The van der Waals surface area contributed by atoms with Gasteiger partial charge in [0.1, 0.15) is 5.75 Å². The van der Waals surface area contributed by atoms with Crippen LogP contribution in [0.3, 0.4) is 0 Å². The number of aromatic hydroxyl groups is 1. The summed E-state index contributed by atoms with van der Waals surface area (Å²) >= 11 is 0. The molecule has 2 N–H and O–H groups in total. The lowest BCUT2D eigenvalue weighted by Crippen LogP contribution is -2.35. The molecule has 0 atom stereocenters. The predicted octanol–water partition coefficient (Wildman–Crippen LogP) is 1.39. The van der Waals surface area contributed by atoms with Crippen molar-refractivity contribution in [1.29, 1.82) is 0 Å². The molecule has 1 aromatic heterocycles. The molecule has 19 heavy (non-hydrogen) atoms. The maximum atomic E-state index is 11.8. The minimum atomic E-state index is -0.182. The largest absolute Gasteiger partial charge is 0.506 e. The van der Waals surface area contributed by atoms with Crippen LogP contribution in [0.4, 0.5) is 0 Å². The number of nitrogens with zero attached hydrogens (tertiary/aromatic N) is 2. The molecule has 1 fully saturated rings. The highest BCUT2D eigenvalue weighted by Crippen LogP contribution is 2.09. The SMILES string of the molecule is O=C(NCCN1CCCCCC1)c1cncc(O)c1. The average molecular weight is 263 g/mol. The topological polar surface area (TPSA) is 65.5 Å². The fraction of sp³-hybridized carbons (Fsp3) is 0.571. The van der Waals surface area contributed by atoms with E-state index in [2.05, 4.69) is 15.2 Å². The predicted molar refractivity (Wildman–Crippen MR) is 73.1 cm³/mol. The summed E-state index contributed by atoms with van der Waals surface area (Å²) in [6.07, 6.45) is 7.92. The van der Waals surface area contributed by atoms with Gasteiger partial charge in [-0.05, 0) is 32.0 Å². The molecular weight excluding hydrogens is 242 g/mol. The zero-order valence-corrected chi connectivity index (χ0v) is 11.1. The van der Waals surface area contributed by atoms with Gasteiger partial charge in [0.15, 0.2) is 0 Å². The molecule has 0 aromatic carbocycles. The summed E-state index contributed by atoms with van der Waals surface area (Å²) in [6.45, 7) is 3.78. The van der Waals surface area contributed by atoms with E-state index in [4.69, 9.17) is 0 Å². The molecule has 1 aliphatic heterocycles. The second-order valence-electron chi connectivity index (χ2n) is 4.94. The zero-order chi connectivity index (χ0) is 13.5. The summed E-state index contributed by atoms with van der Waals surface area (Å²) in [7, 11) is 0. The second-order valence-corrected chi connectivity index (χ2v) is 4.94. The number of hydrogen-bond acceptors (Lipinski definition) is 4. The van der Waals surface area contributed by atoms with E-state index in [1.165, 1.54) is 44.1 Å². The molecule has 1 amide bonds. The van der Waals surface area contributed by atoms with Gasteiger partial charge in [-0.2, -0.15) is 0 Å². The van der Waals surface area contributed by atoms with Crippen molar-refractivity contribution in [1.82, 2.24) is 15.2 Å². The van der Waals surface area contributed by atoms with Crippen LogP contribution in [0.5, 0.6) is 5.75 Å². The van der Waals surface area contributed by atoms with E-state index in [-0.39, 0.29) is 11.7 Å². The normalized spacial score (nSPS) is 16.8. The highest BCUT2D eigenvalue weighted by molar-refractivity contribution is 5.94. The molecule has 0 spiro atoms. The molecule has 1 saturated heterocycles. The number of nitrogens with one attached hydrogen (secondary N) is 1. The second kappa shape index (κ2) is 7.09. The van der Waals surface area contributed by atoms with Gasteiger partial charge < -0.3 is 15.3 Å². The number of aromatic nitrogens is 1. The molecule has 2 rings (SSSR count). The third-order valence-corrected chi connectivity index (χ3v) is 3.40. The first-order chi connectivity index (χ1) is 9.25. The standard InChI is InChI=1S/C14H21N3O2/c18-13-9-12(10-15-11-13)14(19)16-5-8-17-6-3-1-2-4-7-17/h9-11,18H,1-8H2,(H,16,19). The number of carbonyl (C=O) groups excluding carboxylic acids is 1. The smallest absolute Gasteiger partial charge is 0.253 e. The number of amides is 1. The summed E-state index contributed by atoms with van der Waals surface area (Å²) in [4.78, 5) is 18.0. The Morgan fingerprint density at radius 1 is 1.26 bits per heavy atom. The number of carbonyl (C=O) groups is 1. The van der Waals surface area contributed by atoms with E-state index in [1.807, 2.05) is 0 Å². The molecule has 104 valence electrons. The number of likely N-dealkylation sites (tertiary alicyclic amines) is 1.